The molecule has 7 heteroatoms. The number of anilines is 1. The van der Waals surface area contributed by atoms with E-state index >= 15 is 0 Å². The number of nitrogens with one attached hydrogen (secondary N) is 1. The molecule has 0 aromatic heterocycles. The summed E-state index contributed by atoms with van der Waals surface area (Å²) < 4.78 is 0. The summed E-state index contributed by atoms with van der Waals surface area (Å²) in [4.78, 5) is 25.9. The van der Waals surface area contributed by atoms with Gasteiger partial charge in [0, 0.05) is 50.9 Å². The van der Waals surface area contributed by atoms with Gasteiger partial charge in [0.1, 0.15) is 12.0 Å². The lowest BCUT2D eigenvalue weighted by atomic mass is 10.2. The van der Waals surface area contributed by atoms with Crippen LogP contribution in [0.15, 0.2) is 18.2 Å². The Bertz CT molecular complexity index is 513. The van der Waals surface area contributed by atoms with E-state index in [0.29, 0.717) is 24.1 Å². The Hall–Kier alpha value is -1.99. The fourth-order valence-electron chi connectivity index (χ4n) is 2.34. The Morgan fingerprint density at radius 1 is 1.33 bits per heavy atom. The molecule has 1 saturated heterocycles. The summed E-state index contributed by atoms with van der Waals surface area (Å²) in [6.07, 6.45) is 0.612. The molecule has 1 aromatic rings. The largest absolute Gasteiger partial charge is 0.378 e. The van der Waals surface area contributed by atoms with Gasteiger partial charge >= 0.3 is 0 Å². The molecule has 1 heterocycles. The first-order valence-corrected chi connectivity index (χ1v) is 6.98. The van der Waals surface area contributed by atoms with Gasteiger partial charge in [-0.3, -0.25) is 19.8 Å². The molecular formula is C14H20N4O3. The maximum atomic E-state index is 11.0. The van der Waals surface area contributed by atoms with E-state index in [1.54, 1.807) is 12.1 Å². The van der Waals surface area contributed by atoms with Gasteiger partial charge in [0.25, 0.3) is 5.69 Å². The smallest absolute Gasteiger partial charge is 0.293 e. The molecule has 7 nitrogen and oxygen atoms in total. The Balaban J connectivity index is 1.90. The summed E-state index contributed by atoms with van der Waals surface area (Å²) >= 11 is 0. The first-order valence-electron chi connectivity index (χ1n) is 6.98. The van der Waals surface area contributed by atoms with Crippen LogP contribution < -0.4 is 5.32 Å². The topological polar surface area (TPSA) is 78.7 Å². The van der Waals surface area contributed by atoms with Crippen molar-refractivity contribution in [2.75, 3.05) is 51.6 Å². The van der Waals surface area contributed by atoms with Gasteiger partial charge in [-0.15, -0.1) is 0 Å². The Morgan fingerprint density at radius 2 is 2.05 bits per heavy atom. The molecule has 0 saturated carbocycles. The zero-order chi connectivity index (χ0) is 15.2. The highest BCUT2D eigenvalue weighted by molar-refractivity contribution is 5.79. The van der Waals surface area contributed by atoms with E-state index in [-0.39, 0.29) is 5.69 Å². The van der Waals surface area contributed by atoms with Crippen LogP contribution in [-0.2, 0) is 0 Å². The van der Waals surface area contributed by atoms with E-state index in [9.17, 15) is 14.9 Å². The molecule has 2 rings (SSSR count). The van der Waals surface area contributed by atoms with Gasteiger partial charge in [0.2, 0.25) is 0 Å². The predicted octanol–water partition coefficient (Wildman–Crippen LogP) is 1.07. The van der Waals surface area contributed by atoms with Crippen molar-refractivity contribution in [3.8, 4) is 0 Å². The van der Waals surface area contributed by atoms with E-state index in [1.165, 1.54) is 6.07 Å². The zero-order valence-corrected chi connectivity index (χ0v) is 12.1. The lowest BCUT2D eigenvalue weighted by Gasteiger charge is -2.32. The van der Waals surface area contributed by atoms with E-state index < -0.39 is 4.92 Å². The molecule has 21 heavy (non-hydrogen) atoms. The van der Waals surface area contributed by atoms with Crippen molar-refractivity contribution in [3.63, 3.8) is 0 Å². The summed E-state index contributed by atoms with van der Waals surface area (Å²) in [5.74, 6) is 0. The van der Waals surface area contributed by atoms with Crippen molar-refractivity contribution < 1.29 is 9.72 Å². The molecule has 1 aromatic carbocycles. The number of nitrogens with zero attached hydrogens (tertiary/aromatic N) is 3. The average molecular weight is 292 g/mol. The number of nitro groups is 1. The number of piperazine rings is 1. The first kappa shape index (κ1) is 15.4. The molecule has 1 aliphatic rings. The van der Waals surface area contributed by atoms with Gasteiger partial charge in [0.05, 0.1) is 4.92 Å². The SMILES string of the molecule is CN1CCN(CCNc2ccc(C=O)cc2[N+](=O)[O-])CC1. The summed E-state index contributed by atoms with van der Waals surface area (Å²) in [6, 6.07) is 4.47. The number of nitro benzene ring substituents is 1. The summed E-state index contributed by atoms with van der Waals surface area (Å²) in [5.41, 5.74) is 0.712. The number of carbonyl (C=O) groups is 1. The molecule has 1 N–H and O–H groups in total. The minimum Gasteiger partial charge on any atom is -0.378 e. The lowest BCUT2D eigenvalue weighted by Crippen LogP contribution is -2.45. The molecular weight excluding hydrogens is 272 g/mol. The molecule has 0 amide bonds. The maximum absolute atomic E-state index is 11.0. The third-order valence-electron chi connectivity index (χ3n) is 3.69. The first-order chi connectivity index (χ1) is 10.1. The number of hydrogen-bond acceptors (Lipinski definition) is 6. The van der Waals surface area contributed by atoms with Gasteiger partial charge in [-0.1, -0.05) is 0 Å². The lowest BCUT2D eigenvalue weighted by molar-refractivity contribution is -0.384. The van der Waals surface area contributed by atoms with Crippen LogP contribution in [0.1, 0.15) is 10.4 Å². The molecule has 0 spiro atoms. The average Bonchev–Trinajstić information content (AvgIpc) is 2.49. The highest BCUT2D eigenvalue weighted by atomic mass is 16.6. The summed E-state index contributed by atoms with van der Waals surface area (Å²) in [7, 11) is 2.10. The van der Waals surface area contributed by atoms with Crippen molar-refractivity contribution in [1.29, 1.82) is 0 Å². The maximum Gasteiger partial charge on any atom is 0.293 e. The van der Waals surface area contributed by atoms with Crippen LogP contribution in [0.4, 0.5) is 11.4 Å². The Kier molecular flexibility index (Phi) is 5.24. The minimum atomic E-state index is -0.467. The monoisotopic (exact) mass is 292 g/mol. The summed E-state index contributed by atoms with van der Waals surface area (Å²) in [6.45, 7) is 5.63. The molecule has 0 bridgehead atoms. The predicted molar refractivity (Wildman–Crippen MR) is 80.9 cm³/mol. The normalized spacial score (nSPS) is 16.6. The number of aldehydes is 1. The van der Waals surface area contributed by atoms with E-state index in [4.69, 9.17) is 0 Å². The summed E-state index contributed by atoms with van der Waals surface area (Å²) in [5, 5.41) is 14.1. The van der Waals surface area contributed by atoms with Crippen LogP contribution in [-0.4, -0.2) is 67.3 Å². The minimum absolute atomic E-state index is 0.0574. The highest BCUT2D eigenvalue weighted by Gasteiger charge is 2.16. The molecule has 1 fully saturated rings. The van der Waals surface area contributed by atoms with Crippen LogP contribution in [0.3, 0.4) is 0 Å². The van der Waals surface area contributed by atoms with Crippen LogP contribution in [0.5, 0.6) is 0 Å². The second-order valence-corrected chi connectivity index (χ2v) is 5.22. The number of likely N-dealkylation sites (N-methyl/N-ethyl adjacent to an activating group) is 1. The third kappa shape index (κ3) is 4.24. The van der Waals surface area contributed by atoms with E-state index in [0.717, 1.165) is 32.7 Å². The van der Waals surface area contributed by atoms with E-state index in [1.807, 2.05) is 0 Å². The number of hydrogen-bond donors (Lipinski definition) is 1. The van der Waals surface area contributed by atoms with Crippen LogP contribution in [0.2, 0.25) is 0 Å². The molecule has 0 atom stereocenters. The van der Waals surface area contributed by atoms with Crippen molar-refractivity contribution in [3.05, 3.63) is 33.9 Å². The number of rotatable bonds is 6. The fraction of sp³-hybridized carbons (Fsp3) is 0.500. The van der Waals surface area contributed by atoms with Gasteiger partial charge in [0.15, 0.2) is 0 Å². The second kappa shape index (κ2) is 7.14. The molecule has 1 aliphatic heterocycles. The van der Waals surface area contributed by atoms with Crippen molar-refractivity contribution in [2.45, 2.75) is 0 Å². The fourth-order valence-corrected chi connectivity index (χ4v) is 2.34. The Labute approximate surface area is 123 Å². The van der Waals surface area contributed by atoms with Crippen molar-refractivity contribution in [2.24, 2.45) is 0 Å². The van der Waals surface area contributed by atoms with Crippen LogP contribution >= 0.6 is 0 Å². The standard InChI is InChI=1S/C14H20N4O3/c1-16-6-8-17(9-7-16)5-4-15-13-3-2-12(11-19)10-14(13)18(20)21/h2-3,10-11,15H,4-9H2,1H3. The number of carbonyl (C=O) groups excluding carboxylic acids is 1. The van der Waals surface area contributed by atoms with Gasteiger partial charge in [-0.2, -0.15) is 0 Å². The molecule has 114 valence electrons. The quantitative estimate of drug-likeness (QED) is 0.480. The van der Waals surface area contributed by atoms with Gasteiger partial charge in [-0.25, -0.2) is 0 Å². The third-order valence-corrected chi connectivity index (χ3v) is 3.69. The van der Waals surface area contributed by atoms with Crippen molar-refractivity contribution >= 4 is 17.7 Å². The van der Waals surface area contributed by atoms with Crippen LogP contribution in [0, 0.1) is 10.1 Å². The highest BCUT2D eigenvalue weighted by Crippen LogP contribution is 2.24. The second-order valence-electron chi connectivity index (χ2n) is 5.22. The Morgan fingerprint density at radius 3 is 2.67 bits per heavy atom. The van der Waals surface area contributed by atoms with Crippen molar-refractivity contribution in [1.82, 2.24) is 9.80 Å². The zero-order valence-electron chi connectivity index (χ0n) is 12.1. The number of benzene rings is 1. The van der Waals surface area contributed by atoms with Gasteiger partial charge < -0.3 is 10.2 Å². The molecule has 0 radical (unpaired) electrons. The van der Waals surface area contributed by atoms with Gasteiger partial charge in [-0.05, 0) is 19.2 Å². The molecule has 0 aliphatic carbocycles. The van der Waals surface area contributed by atoms with E-state index in [2.05, 4.69) is 22.2 Å². The molecule has 0 unspecified atom stereocenters. The van der Waals surface area contributed by atoms with Crippen LogP contribution in [0.25, 0.3) is 0 Å².